The summed E-state index contributed by atoms with van der Waals surface area (Å²) < 4.78 is 53.4. The molecule has 0 aliphatic rings. The molecule has 1 aromatic carbocycles. The van der Waals surface area contributed by atoms with Gasteiger partial charge in [-0.2, -0.15) is 9.43 Å². The molecule has 2 rings (SSSR count). The number of nitrogens with zero attached hydrogens (tertiary/aromatic N) is 2. The predicted octanol–water partition coefficient (Wildman–Crippen LogP) is -5.97. The summed E-state index contributed by atoms with van der Waals surface area (Å²) in [5.41, 5.74) is 0.531. The molecular formula is C11H11K2N3O7S3. The zero-order chi connectivity index (χ0) is 17.9. The monoisotopic (exact) mass is 471 g/mol. The van der Waals surface area contributed by atoms with Crippen molar-refractivity contribution >= 4 is 39.0 Å². The van der Waals surface area contributed by atoms with Gasteiger partial charge in [-0.25, -0.2) is 13.1 Å². The number of hydrogen-bond acceptors (Lipinski definition) is 9. The molecule has 0 amide bonds. The van der Waals surface area contributed by atoms with E-state index in [-0.39, 0.29) is 119 Å². The number of benzene rings is 1. The Labute approximate surface area is 242 Å². The molecule has 1 aromatic heterocycles. The van der Waals surface area contributed by atoms with Crippen molar-refractivity contribution in [3.05, 3.63) is 30.0 Å². The van der Waals surface area contributed by atoms with Crippen LogP contribution in [0.1, 0.15) is 5.69 Å². The maximum Gasteiger partial charge on any atom is 1.00 e. The molecule has 0 saturated heterocycles. The number of nitrogens with one attached hydrogen (secondary N) is 1. The molecule has 26 heavy (non-hydrogen) atoms. The number of sulfonamides is 1. The van der Waals surface area contributed by atoms with Gasteiger partial charge in [-0.05, 0) is 36.2 Å². The van der Waals surface area contributed by atoms with Gasteiger partial charge in [0.2, 0.25) is 10.0 Å². The van der Waals surface area contributed by atoms with Crippen molar-refractivity contribution in [3.63, 3.8) is 0 Å². The SMILES string of the molecule is Cc1cc(NS(C)(=O)=O)n(-c2cc(SOO[O-])ccc2S(=O)[O-])n1.[K+].[K+]. The Hall–Kier alpha value is 1.79. The molecule has 1 atom stereocenters. The molecule has 0 saturated carbocycles. The summed E-state index contributed by atoms with van der Waals surface area (Å²) in [6.07, 6.45) is 0.956. The second kappa shape index (κ2) is 12.5. The molecule has 0 aliphatic heterocycles. The summed E-state index contributed by atoms with van der Waals surface area (Å²) in [7, 11) is -3.61. The Morgan fingerprint density at radius 1 is 1.31 bits per heavy atom. The Morgan fingerprint density at radius 2 is 1.96 bits per heavy atom. The van der Waals surface area contributed by atoms with E-state index >= 15 is 0 Å². The zero-order valence-corrected chi connectivity index (χ0v) is 23.0. The summed E-state index contributed by atoms with van der Waals surface area (Å²) >= 11 is -2.05. The number of aryl methyl sites for hydroxylation is 1. The van der Waals surface area contributed by atoms with Gasteiger partial charge in [0.1, 0.15) is 5.82 Å². The Morgan fingerprint density at radius 3 is 2.50 bits per heavy atom. The third kappa shape index (κ3) is 8.27. The van der Waals surface area contributed by atoms with Crippen LogP contribution < -0.4 is 113 Å². The number of aromatic nitrogens is 2. The first-order valence-electron chi connectivity index (χ1n) is 6.12. The van der Waals surface area contributed by atoms with E-state index in [0.717, 1.165) is 10.9 Å². The van der Waals surface area contributed by atoms with E-state index in [1.165, 1.54) is 24.3 Å². The Balaban J connectivity index is 0.00000312. The van der Waals surface area contributed by atoms with Gasteiger partial charge in [-0.15, -0.1) is 0 Å². The number of anilines is 1. The van der Waals surface area contributed by atoms with Crippen LogP contribution in [0, 0.1) is 6.92 Å². The quantitative estimate of drug-likeness (QED) is 0.137. The van der Waals surface area contributed by atoms with Crippen molar-refractivity contribution in [3.8, 4) is 5.69 Å². The summed E-state index contributed by atoms with van der Waals surface area (Å²) in [6, 6.07) is 5.44. The van der Waals surface area contributed by atoms with E-state index in [1.807, 2.05) is 0 Å². The van der Waals surface area contributed by atoms with Crippen LogP contribution in [0.4, 0.5) is 5.82 Å². The van der Waals surface area contributed by atoms with Crippen LogP contribution in [-0.4, -0.2) is 33.2 Å². The minimum atomic E-state index is -3.61. The molecule has 0 bridgehead atoms. The topological polar surface area (TPSA) is 146 Å². The molecule has 1 unspecified atom stereocenters. The molecule has 1 heterocycles. The average molecular weight is 472 g/mol. The molecule has 0 fully saturated rings. The standard InChI is InChI=1S/C11H13N3O7S3.2K/c1-7-5-11(13-24(2,18)19)14(12-7)9-6-8(22-21-20-15)3-4-10(9)23(16)17;;/h3-6,13,15H,1-2H3,(H,16,17);;/q;2*+1/p-2. The second-order valence-corrected chi connectivity index (χ2v) is 7.97. The van der Waals surface area contributed by atoms with E-state index in [9.17, 15) is 22.4 Å². The fraction of sp³-hybridized carbons (Fsp3) is 0.182. The molecule has 132 valence electrons. The Bertz CT molecular complexity index is 876. The molecule has 2 aromatic rings. The normalized spacial score (nSPS) is 12.0. The smallest absolute Gasteiger partial charge is 0.768 e. The molecule has 0 spiro atoms. The van der Waals surface area contributed by atoms with Crippen LogP contribution >= 0.6 is 12.0 Å². The van der Waals surface area contributed by atoms with Crippen LogP contribution in [-0.2, 0) is 30.5 Å². The third-order valence-corrected chi connectivity index (χ3v) is 4.47. The van der Waals surface area contributed by atoms with E-state index in [0.29, 0.717) is 22.6 Å². The zero-order valence-electron chi connectivity index (χ0n) is 14.3. The van der Waals surface area contributed by atoms with Gasteiger partial charge >= 0.3 is 103 Å². The summed E-state index contributed by atoms with van der Waals surface area (Å²) in [5.74, 6) is 0.0600. The molecular weight excluding hydrogens is 461 g/mol. The van der Waals surface area contributed by atoms with E-state index in [1.54, 1.807) is 6.92 Å². The van der Waals surface area contributed by atoms with E-state index in [4.69, 9.17) is 0 Å². The molecule has 0 aliphatic carbocycles. The number of hydrogen-bond donors (Lipinski definition) is 1. The van der Waals surface area contributed by atoms with Gasteiger partial charge < -0.3 is 9.81 Å². The van der Waals surface area contributed by atoms with Gasteiger partial charge in [0, 0.05) is 11.0 Å². The fourth-order valence-corrected chi connectivity index (χ4v) is 3.26. The van der Waals surface area contributed by atoms with Crippen LogP contribution in [0.3, 0.4) is 0 Å². The predicted molar refractivity (Wildman–Crippen MR) is 82.0 cm³/mol. The Kier molecular flexibility index (Phi) is 13.3. The van der Waals surface area contributed by atoms with Crippen molar-refractivity contribution in [2.24, 2.45) is 0 Å². The largest absolute Gasteiger partial charge is 1.00 e. The second-order valence-electron chi connectivity index (χ2n) is 4.54. The van der Waals surface area contributed by atoms with Gasteiger partial charge in [0.15, 0.2) is 0 Å². The van der Waals surface area contributed by atoms with Crippen LogP contribution in [0.15, 0.2) is 34.1 Å². The average Bonchev–Trinajstić information content (AvgIpc) is 2.83. The number of rotatable bonds is 7. The van der Waals surface area contributed by atoms with Gasteiger partial charge in [-0.3, -0.25) is 14.0 Å². The van der Waals surface area contributed by atoms with Crippen molar-refractivity contribution in [1.82, 2.24) is 9.78 Å². The van der Waals surface area contributed by atoms with Crippen LogP contribution in [0.5, 0.6) is 0 Å². The third-order valence-electron chi connectivity index (χ3n) is 2.62. The molecule has 1 N–H and O–H groups in total. The summed E-state index contributed by atoms with van der Waals surface area (Å²) in [6.45, 7) is 1.62. The minimum Gasteiger partial charge on any atom is -0.768 e. The van der Waals surface area contributed by atoms with Gasteiger partial charge in [-0.1, -0.05) is 0 Å². The first-order chi connectivity index (χ1) is 11.2. The van der Waals surface area contributed by atoms with Crippen molar-refractivity contribution in [1.29, 1.82) is 0 Å². The van der Waals surface area contributed by atoms with E-state index < -0.39 is 21.1 Å². The molecule has 15 heteroatoms. The van der Waals surface area contributed by atoms with Crippen molar-refractivity contribution in [2.75, 3.05) is 11.0 Å². The van der Waals surface area contributed by atoms with Crippen LogP contribution in [0.2, 0.25) is 0 Å². The maximum absolute atomic E-state index is 11.5. The summed E-state index contributed by atoms with van der Waals surface area (Å²) in [4.78, 5) is 0.218. The van der Waals surface area contributed by atoms with E-state index in [2.05, 4.69) is 19.2 Å². The van der Waals surface area contributed by atoms with Crippen molar-refractivity contribution < 1.29 is 135 Å². The van der Waals surface area contributed by atoms with Crippen LogP contribution in [0.25, 0.3) is 5.69 Å². The van der Waals surface area contributed by atoms with Gasteiger partial charge in [0.05, 0.1) is 34.6 Å². The summed E-state index contributed by atoms with van der Waals surface area (Å²) in [5, 5.41) is 17.3. The van der Waals surface area contributed by atoms with Gasteiger partial charge in [0.25, 0.3) is 0 Å². The fourth-order valence-electron chi connectivity index (χ4n) is 1.85. The first kappa shape index (κ1) is 27.8. The maximum atomic E-state index is 11.5. The molecule has 10 nitrogen and oxygen atoms in total. The molecule has 0 radical (unpaired) electrons. The minimum absolute atomic E-state index is 0. The van der Waals surface area contributed by atoms with Crippen molar-refractivity contribution in [2.45, 2.75) is 16.7 Å². The first-order valence-corrected chi connectivity index (χ1v) is 9.83.